The number of nitrogens with one attached hydrogen (secondary N) is 1. The highest BCUT2D eigenvalue weighted by atomic mass is 19.4. The average molecular weight is 501 g/mol. The van der Waals surface area contributed by atoms with Crippen molar-refractivity contribution in [3.8, 4) is 0 Å². The van der Waals surface area contributed by atoms with Crippen LogP contribution in [-0.2, 0) is 30.4 Å². The van der Waals surface area contributed by atoms with Crippen LogP contribution in [0.5, 0.6) is 0 Å². The monoisotopic (exact) mass is 500 g/mol. The Hall–Kier alpha value is -3.82. The van der Waals surface area contributed by atoms with Gasteiger partial charge in [-0.15, -0.1) is 0 Å². The van der Waals surface area contributed by atoms with Crippen LogP contribution in [-0.4, -0.2) is 38.8 Å². The second-order valence-electron chi connectivity index (χ2n) is 9.71. The normalized spacial score (nSPS) is 13.8. The molecule has 3 aromatic rings. The third-order valence-corrected chi connectivity index (χ3v) is 5.65. The minimum absolute atomic E-state index is 0.265. The Labute approximate surface area is 206 Å². The van der Waals surface area contributed by atoms with Gasteiger partial charge in [-0.2, -0.15) is 18.3 Å². The first-order valence-electron chi connectivity index (χ1n) is 11.5. The second kappa shape index (κ2) is 9.67. The number of aromatic nitrogens is 2. The summed E-state index contributed by atoms with van der Waals surface area (Å²) >= 11 is 0. The molecule has 0 fully saturated rings. The van der Waals surface area contributed by atoms with Crippen molar-refractivity contribution >= 4 is 17.7 Å². The molecule has 7 nitrogen and oxygen atoms in total. The molecule has 0 atom stereocenters. The first-order valence-corrected chi connectivity index (χ1v) is 11.5. The minimum Gasteiger partial charge on any atom is -0.444 e. The van der Waals surface area contributed by atoms with Crippen LogP contribution < -0.4 is 5.32 Å². The molecule has 0 unspecified atom stereocenters. The molecule has 2 amide bonds. The van der Waals surface area contributed by atoms with Crippen LogP contribution >= 0.6 is 0 Å². The van der Waals surface area contributed by atoms with E-state index in [1.54, 1.807) is 17.2 Å². The van der Waals surface area contributed by atoms with Gasteiger partial charge >= 0.3 is 12.3 Å². The molecule has 4 rings (SSSR count). The zero-order valence-electron chi connectivity index (χ0n) is 20.2. The third-order valence-electron chi connectivity index (χ3n) is 5.65. The summed E-state index contributed by atoms with van der Waals surface area (Å²) in [6.45, 7) is 6.66. The number of alkyl halides is 3. The van der Waals surface area contributed by atoms with Gasteiger partial charge in [0.1, 0.15) is 5.60 Å². The predicted octanol–water partition coefficient (Wildman–Crippen LogP) is 5.50. The molecule has 0 spiro atoms. The molecule has 0 saturated carbocycles. The van der Waals surface area contributed by atoms with Crippen molar-refractivity contribution in [1.29, 1.82) is 0 Å². The van der Waals surface area contributed by atoms with Crippen LogP contribution in [0.3, 0.4) is 0 Å². The number of rotatable bonds is 4. The number of carbonyl (C=O) groups excluding carboxylic acids is 2. The Bertz CT molecular complexity index is 1260. The fourth-order valence-corrected chi connectivity index (χ4v) is 3.88. The molecule has 0 aliphatic carbocycles. The van der Waals surface area contributed by atoms with Crippen molar-refractivity contribution in [2.75, 3.05) is 11.9 Å². The minimum atomic E-state index is -4.38. The Balaban J connectivity index is 1.36. The topological polar surface area (TPSA) is 76.5 Å². The van der Waals surface area contributed by atoms with Crippen molar-refractivity contribution in [3.63, 3.8) is 0 Å². The van der Waals surface area contributed by atoms with Crippen LogP contribution in [0.25, 0.3) is 0 Å². The summed E-state index contributed by atoms with van der Waals surface area (Å²) in [6, 6.07) is 10.2. The average Bonchev–Trinajstić information content (AvgIpc) is 3.23. The molecule has 0 saturated heterocycles. The maximum Gasteiger partial charge on any atom is 0.416 e. The van der Waals surface area contributed by atoms with Gasteiger partial charge in [0, 0.05) is 24.8 Å². The van der Waals surface area contributed by atoms with Crippen LogP contribution in [0.1, 0.15) is 53.4 Å². The molecule has 1 aromatic heterocycles. The molecule has 10 heteroatoms. The SMILES string of the molecule is CC(C)(C)OC(=O)N1CCc2cc(C(=O)Nc3cnn(Cc4ccc(C(F)(F)F)cc4)c3)ccc2C1. The summed E-state index contributed by atoms with van der Waals surface area (Å²) in [5, 5.41) is 6.98. The zero-order chi connectivity index (χ0) is 26.1. The van der Waals surface area contributed by atoms with Crippen LogP contribution in [0, 0.1) is 0 Å². The van der Waals surface area contributed by atoms with E-state index in [0.29, 0.717) is 36.3 Å². The van der Waals surface area contributed by atoms with Gasteiger partial charge in [0.25, 0.3) is 5.91 Å². The van der Waals surface area contributed by atoms with E-state index < -0.39 is 17.3 Å². The van der Waals surface area contributed by atoms with E-state index in [1.807, 2.05) is 32.9 Å². The molecule has 0 bridgehead atoms. The Morgan fingerprint density at radius 2 is 1.78 bits per heavy atom. The number of benzene rings is 2. The number of anilines is 1. The van der Waals surface area contributed by atoms with E-state index in [-0.39, 0.29) is 18.5 Å². The van der Waals surface area contributed by atoms with Crippen LogP contribution in [0.4, 0.5) is 23.7 Å². The van der Waals surface area contributed by atoms with Gasteiger partial charge in [-0.1, -0.05) is 18.2 Å². The van der Waals surface area contributed by atoms with Gasteiger partial charge in [-0.25, -0.2) is 4.79 Å². The van der Waals surface area contributed by atoms with Gasteiger partial charge in [0.05, 0.1) is 24.0 Å². The van der Waals surface area contributed by atoms with Crippen LogP contribution in [0.2, 0.25) is 0 Å². The van der Waals surface area contributed by atoms with Crippen molar-refractivity contribution < 1.29 is 27.5 Å². The van der Waals surface area contributed by atoms with Crippen molar-refractivity contribution in [2.45, 2.75) is 52.1 Å². The lowest BCUT2D eigenvalue weighted by atomic mass is 9.97. The Kier molecular flexibility index (Phi) is 6.79. The highest BCUT2D eigenvalue weighted by molar-refractivity contribution is 6.04. The summed E-state index contributed by atoms with van der Waals surface area (Å²) in [7, 11) is 0. The van der Waals surface area contributed by atoms with E-state index in [9.17, 15) is 22.8 Å². The lowest BCUT2D eigenvalue weighted by Gasteiger charge is -2.31. The smallest absolute Gasteiger partial charge is 0.416 e. The van der Waals surface area contributed by atoms with E-state index in [0.717, 1.165) is 23.3 Å². The van der Waals surface area contributed by atoms with Gasteiger partial charge < -0.3 is 15.0 Å². The molecule has 0 radical (unpaired) electrons. The molecule has 190 valence electrons. The molecule has 36 heavy (non-hydrogen) atoms. The number of amides is 2. The molecule has 1 N–H and O–H groups in total. The maximum atomic E-state index is 12.8. The van der Waals surface area contributed by atoms with E-state index >= 15 is 0 Å². The van der Waals surface area contributed by atoms with Crippen molar-refractivity contribution in [3.05, 3.63) is 82.7 Å². The number of halogens is 3. The largest absolute Gasteiger partial charge is 0.444 e. The quantitative estimate of drug-likeness (QED) is 0.514. The number of carbonyl (C=O) groups is 2. The second-order valence-corrected chi connectivity index (χ2v) is 9.71. The van der Waals surface area contributed by atoms with Gasteiger partial charge in [0.2, 0.25) is 0 Å². The summed E-state index contributed by atoms with van der Waals surface area (Å²) in [6.07, 6.45) is -1.02. The number of fused-ring (bicyclic) bond motifs is 1. The number of nitrogens with zero attached hydrogens (tertiary/aromatic N) is 3. The lowest BCUT2D eigenvalue weighted by Crippen LogP contribution is -2.39. The molecule has 1 aliphatic heterocycles. The third kappa shape index (κ3) is 6.24. The number of hydrogen-bond acceptors (Lipinski definition) is 4. The first-order chi connectivity index (χ1) is 16.9. The number of ether oxygens (including phenoxy) is 1. The first kappa shape index (κ1) is 25.3. The van der Waals surface area contributed by atoms with Gasteiger partial charge in [0.15, 0.2) is 0 Å². The van der Waals surface area contributed by atoms with E-state index in [4.69, 9.17) is 4.74 Å². The van der Waals surface area contributed by atoms with Gasteiger partial charge in [-0.3, -0.25) is 9.48 Å². The lowest BCUT2D eigenvalue weighted by molar-refractivity contribution is -0.137. The maximum absolute atomic E-state index is 12.8. The molecule has 2 aromatic carbocycles. The summed E-state index contributed by atoms with van der Waals surface area (Å²) in [5.41, 5.74) is 2.30. The fraction of sp³-hybridized carbons (Fsp3) is 0.346. The van der Waals surface area contributed by atoms with Crippen LogP contribution in [0.15, 0.2) is 54.9 Å². The molecular weight excluding hydrogens is 473 g/mol. The highest BCUT2D eigenvalue weighted by Crippen LogP contribution is 2.29. The summed E-state index contributed by atoms with van der Waals surface area (Å²) in [4.78, 5) is 26.8. The number of hydrogen-bond donors (Lipinski definition) is 1. The van der Waals surface area contributed by atoms with Crippen molar-refractivity contribution in [2.24, 2.45) is 0 Å². The van der Waals surface area contributed by atoms with E-state index in [1.165, 1.54) is 23.0 Å². The van der Waals surface area contributed by atoms with Crippen molar-refractivity contribution in [1.82, 2.24) is 14.7 Å². The fourth-order valence-electron chi connectivity index (χ4n) is 3.88. The molecule has 2 heterocycles. The summed E-state index contributed by atoms with van der Waals surface area (Å²) < 4.78 is 45.2. The van der Waals surface area contributed by atoms with E-state index in [2.05, 4.69) is 10.4 Å². The standard InChI is InChI=1S/C26H27F3N4O3/c1-25(2,3)36-24(35)32-11-10-18-12-19(6-7-20(18)15-32)23(34)31-22-13-30-33(16-22)14-17-4-8-21(9-5-17)26(27,28)29/h4-9,12-13,16H,10-11,14-15H2,1-3H3,(H,31,34). The molecule has 1 aliphatic rings. The Morgan fingerprint density at radius 1 is 1.06 bits per heavy atom. The Morgan fingerprint density at radius 3 is 2.44 bits per heavy atom. The van der Waals surface area contributed by atoms with Gasteiger partial charge in [-0.05, 0) is 68.1 Å². The molecular formula is C26H27F3N4O3. The zero-order valence-corrected chi connectivity index (χ0v) is 20.2. The highest BCUT2D eigenvalue weighted by Gasteiger charge is 2.30. The summed E-state index contributed by atoms with van der Waals surface area (Å²) in [5.74, 6) is -0.304. The predicted molar refractivity (Wildman–Crippen MR) is 128 cm³/mol.